The summed E-state index contributed by atoms with van der Waals surface area (Å²) in [5, 5.41) is 22.9. The lowest BCUT2D eigenvalue weighted by Crippen LogP contribution is -2.49. The number of aryl methyl sites for hydroxylation is 2. The average Bonchev–Trinajstić information content (AvgIpc) is 2.78. The van der Waals surface area contributed by atoms with Gasteiger partial charge in [-0.1, -0.05) is 12.1 Å². The number of benzene rings is 2. The van der Waals surface area contributed by atoms with Crippen molar-refractivity contribution in [3.63, 3.8) is 0 Å². The van der Waals surface area contributed by atoms with Crippen molar-refractivity contribution >= 4 is 23.4 Å². The number of anilines is 2. The van der Waals surface area contributed by atoms with Crippen molar-refractivity contribution < 1.29 is 28.5 Å². The molecule has 2 amide bonds. The number of ether oxygens (including phenoxy) is 4. The number of carbonyl (C=O) groups excluding carboxylic acids is 2. The number of rotatable bonds is 9. The van der Waals surface area contributed by atoms with Gasteiger partial charge < -0.3 is 24.3 Å². The largest absolute Gasteiger partial charge is 0.441 e. The van der Waals surface area contributed by atoms with Crippen LogP contribution in [0.5, 0.6) is 11.5 Å². The van der Waals surface area contributed by atoms with Gasteiger partial charge in [-0.05, 0) is 71.7 Å². The van der Waals surface area contributed by atoms with Gasteiger partial charge in [0.1, 0.15) is 22.7 Å². The van der Waals surface area contributed by atoms with Crippen LogP contribution in [0, 0.1) is 36.9 Å². The van der Waals surface area contributed by atoms with E-state index in [9.17, 15) is 9.59 Å². The van der Waals surface area contributed by atoms with E-state index < -0.39 is 29.3 Å². The molecule has 0 aliphatic carbocycles. The maximum atomic E-state index is 12.9. The molecule has 0 fully saturated rings. The smallest absolute Gasteiger partial charge is 0.412 e. The van der Waals surface area contributed by atoms with Gasteiger partial charge in [-0.2, -0.15) is 0 Å². The van der Waals surface area contributed by atoms with E-state index in [1.807, 2.05) is 0 Å². The molecular formula is C26H30N4O6. The van der Waals surface area contributed by atoms with Gasteiger partial charge in [0.25, 0.3) is 18.4 Å². The van der Waals surface area contributed by atoms with Crippen LogP contribution >= 0.6 is 0 Å². The summed E-state index contributed by atoms with van der Waals surface area (Å²) in [6.45, 7) is 11.8. The summed E-state index contributed by atoms with van der Waals surface area (Å²) >= 11 is 0. The number of hydrogen-bond donors (Lipinski definition) is 2. The monoisotopic (exact) mass is 494 g/mol. The minimum absolute atomic E-state index is 0.318. The van der Waals surface area contributed by atoms with Crippen LogP contribution in [-0.2, 0) is 14.3 Å². The van der Waals surface area contributed by atoms with Crippen LogP contribution in [0.3, 0.4) is 0 Å². The molecule has 0 aromatic heterocycles. The molecule has 0 saturated carbocycles. The predicted molar refractivity (Wildman–Crippen MR) is 132 cm³/mol. The van der Waals surface area contributed by atoms with Crippen molar-refractivity contribution in [2.75, 3.05) is 10.6 Å². The average molecular weight is 495 g/mol. The first kappa shape index (κ1) is 28.0. The summed E-state index contributed by atoms with van der Waals surface area (Å²) in [5.74, 6) is 0.216. The summed E-state index contributed by atoms with van der Waals surface area (Å²) in [6.07, 6.45) is 1.79. The molecule has 10 heteroatoms. The fourth-order valence-electron chi connectivity index (χ4n) is 3.06. The molecule has 2 aromatic carbocycles. The van der Waals surface area contributed by atoms with Gasteiger partial charge in [0.2, 0.25) is 0 Å². The molecule has 2 rings (SSSR count). The van der Waals surface area contributed by atoms with E-state index in [1.165, 1.54) is 6.07 Å². The third-order valence-electron chi connectivity index (χ3n) is 5.54. The number of amides is 2. The Bertz CT molecular complexity index is 1210. The fourth-order valence-corrected chi connectivity index (χ4v) is 3.06. The Morgan fingerprint density at radius 2 is 1.33 bits per heavy atom. The summed E-state index contributed by atoms with van der Waals surface area (Å²) < 4.78 is 21.4. The Morgan fingerprint density at radius 3 is 1.81 bits per heavy atom. The molecular weight excluding hydrogens is 464 g/mol. The summed E-state index contributed by atoms with van der Waals surface area (Å²) in [4.78, 5) is 25.5. The van der Waals surface area contributed by atoms with E-state index in [0.29, 0.717) is 22.9 Å². The number of hydrogen-bond acceptors (Lipinski definition) is 8. The zero-order chi connectivity index (χ0) is 27.1. The third kappa shape index (κ3) is 7.36. The van der Waals surface area contributed by atoms with E-state index in [4.69, 9.17) is 29.5 Å². The quantitative estimate of drug-likeness (QED) is 0.454. The first-order chi connectivity index (χ1) is 16.8. The van der Waals surface area contributed by atoms with E-state index in [2.05, 4.69) is 10.6 Å². The molecule has 0 bridgehead atoms. The molecule has 0 saturated heterocycles. The van der Waals surface area contributed by atoms with Gasteiger partial charge in [-0.15, -0.1) is 10.5 Å². The molecule has 190 valence electrons. The molecule has 0 spiro atoms. The van der Waals surface area contributed by atoms with E-state index in [-0.39, 0.29) is 0 Å². The number of nitrogens with zero attached hydrogens (tertiary/aromatic N) is 2. The van der Waals surface area contributed by atoms with Gasteiger partial charge >= 0.3 is 6.09 Å². The first-order valence-electron chi connectivity index (χ1n) is 11.1. The molecule has 0 radical (unpaired) electrons. The van der Waals surface area contributed by atoms with Crippen molar-refractivity contribution in [1.82, 2.24) is 0 Å². The van der Waals surface area contributed by atoms with Crippen molar-refractivity contribution in [2.24, 2.45) is 0 Å². The van der Waals surface area contributed by atoms with Gasteiger partial charge in [0.15, 0.2) is 0 Å². The maximum Gasteiger partial charge on any atom is 0.412 e. The Labute approximate surface area is 210 Å². The van der Waals surface area contributed by atoms with Crippen LogP contribution in [0.1, 0.15) is 45.7 Å². The lowest BCUT2D eigenvalue weighted by molar-refractivity contribution is -0.162. The Balaban J connectivity index is 2.03. The second kappa shape index (κ2) is 11.4. The topological polar surface area (TPSA) is 143 Å². The summed E-state index contributed by atoms with van der Waals surface area (Å²) in [6, 6.07) is 9.82. The second-order valence-electron chi connectivity index (χ2n) is 9.19. The van der Waals surface area contributed by atoms with Crippen molar-refractivity contribution in [2.45, 2.75) is 65.8 Å². The highest BCUT2D eigenvalue weighted by molar-refractivity contribution is 5.97. The van der Waals surface area contributed by atoms with Crippen LogP contribution in [0.4, 0.5) is 16.2 Å². The normalized spacial score (nSPS) is 11.9. The minimum Gasteiger partial charge on any atom is -0.441 e. The lowest BCUT2D eigenvalue weighted by Gasteiger charge is -2.36. The van der Waals surface area contributed by atoms with Crippen LogP contribution < -0.4 is 20.1 Å². The van der Waals surface area contributed by atoms with Crippen LogP contribution in [0.2, 0.25) is 0 Å². The van der Waals surface area contributed by atoms with Gasteiger partial charge in [0, 0.05) is 23.5 Å². The van der Waals surface area contributed by atoms with Crippen LogP contribution in [-0.4, -0.2) is 29.3 Å². The molecule has 36 heavy (non-hydrogen) atoms. The number of nitrogens with one attached hydrogen (secondary N) is 2. The molecule has 0 aliphatic heterocycles. The molecule has 1 atom stereocenters. The first-order valence-corrected chi connectivity index (χ1v) is 11.1. The third-order valence-corrected chi connectivity index (χ3v) is 5.54. The molecule has 2 N–H and O–H groups in total. The highest BCUT2D eigenvalue weighted by Gasteiger charge is 2.38. The Hall–Kier alpha value is -4.28. The highest BCUT2D eigenvalue weighted by atomic mass is 16.6. The lowest BCUT2D eigenvalue weighted by atomic mass is 10.0. The Kier molecular flexibility index (Phi) is 8.88. The van der Waals surface area contributed by atoms with E-state index in [0.717, 1.165) is 11.1 Å². The zero-order valence-corrected chi connectivity index (χ0v) is 21.4. The SMILES string of the molecule is Cc1ccc(NC(=O)OC(C)(C)C(C)OC(C)(C)C(=O)Nc2ccc(C)c(OC#N)c2)cc1OC#N. The van der Waals surface area contributed by atoms with Crippen molar-refractivity contribution in [3.05, 3.63) is 47.5 Å². The summed E-state index contributed by atoms with van der Waals surface area (Å²) in [7, 11) is 0. The fraction of sp³-hybridized carbons (Fsp3) is 0.385. The van der Waals surface area contributed by atoms with Gasteiger partial charge in [-0.3, -0.25) is 10.1 Å². The molecule has 1 unspecified atom stereocenters. The predicted octanol–water partition coefficient (Wildman–Crippen LogP) is 5.17. The second-order valence-corrected chi connectivity index (χ2v) is 9.19. The van der Waals surface area contributed by atoms with Crippen molar-refractivity contribution in [3.8, 4) is 24.0 Å². The molecule has 2 aromatic rings. The standard InChI is InChI=1S/C26H30N4O6/c1-16-8-10-19(12-21(16)33-14-27)29-23(31)26(6,7)35-18(3)25(4,5)36-24(32)30-20-11-9-17(2)22(13-20)34-15-28/h8-13,18H,1-7H3,(H,29,31)(H,30,32). The maximum absolute atomic E-state index is 12.9. The molecule has 0 aliphatic rings. The number of nitriles is 2. The molecule has 10 nitrogen and oxygen atoms in total. The Morgan fingerprint density at radius 1 is 0.861 bits per heavy atom. The molecule has 0 heterocycles. The summed E-state index contributed by atoms with van der Waals surface area (Å²) in [5.41, 5.74) is -0.104. The van der Waals surface area contributed by atoms with Crippen LogP contribution in [0.25, 0.3) is 0 Å². The minimum atomic E-state index is -1.29. The van der Waals surface area contributed by atoms with Gasteiger partial charge in [-0.25, -0.2) is 4.79 Å². The van der Waals surface area contributed by atoms with Crippen LogP contribution in [0.15, 0.2) is 36.4 Å². The van der Waals surface area contributed by atoms with E-state index in [1.54, 1.807) is 91.3 Å². The van der Waals surface area contributed by atoms with Gasteiger partial charge in [0.05, 0.1) is 6.10 Å². The van der Waals surface area contributed by atoms with Crippen molar-refractivity contribution in [1.29, 1.82) is 10.5 Å². The highest BCUT2D eigenvalue weighted by Crippen LogP contribution is 2.28. The number of carbonyl (C=O) groups is 2. The zero-order valence-electron chi connectivity index (χ0n) is 21.4. The van der Waals surface area contributed by atoms with E-state index >= 15 is 0 Å².